The Morgan fingerprint density at radius 2 is 1.54 bits per heavy atom. The molecule has 6 heteroatoms. The monoisotopic (exact) mass is 346 g/mol. The van der Waals surface area contributed by atoms with Crippen molar-refractivity contribution in [2.45, 2.75) is 6.54 Å². The fourth-order valence-corrected chi connectivity index (χ4v) is 2.47. The first-order valence-electron chi connectivity index (χ1n) is 8.12. The van der Waals surface area contributed by atoms with E-state index in [1.165, 1.54) is 17.3 Å². The SMILES string of the molecule is CN(Cc1ccccc1)C(=O)c1nccnc1NC(=O)c1ccccc1. The molecule has 0 aliphatic rings. The number of hydrogen-bond donors (Lipinski definition) is 1. The summed E-state index contributed by atoms with van der Waals surface area (Å²) in [5.41, 5.74) is 1.59. The lowest BCUT2D eigenvalue weighted by molar-refractivity contribution is 0.0780. The lowest BCUT2D eigenvalue weighted by Crippen LogP contribution is -2.29. The van der Waals surface area contributed by atoms with Crippen LogP contribution >= 0.6 is 0 Å². The van der Waals surface area contributed by atoms with Crippen LogP contribution in [-0.4, -0.2) is 33.7 Å². The highest BCUT2D eigenvalue weighted by Gasteiger charge is 2.20. The molecule has 130 valence electrons. The highest BCUT2D eigenvalue weighted by Crippen LogP contribution is 2.14. The number of rotatable bonds is 5. The Labute approximate surface area is 151 Å². The molecule has 3 rings (SSSR count). The topological polar surface area (TPSA) is 75.2 Å². The van der Waals surface area contributed by atoms with Crippen LogP contribution in [0, 0.1) is 0 Å². The molecule has 0 unspecified atom stereocenters. The zero-order valence-corrected chi connectivity index (χ0v) is 14.3. The molecular weight excluding hydrogens is 328 g/mol. The van der Waals surface area contributed by atoms with Crippen LogP contribution in [0.1, 0.15) is 26.4 Å². The van der Waals surface area contributed by atoms with Crippen LogP contribution in [0.15, 0.2) is 73.1 Å². The van der Waals surface area contributed by atoms with Crippen molar-refractivity contribution in [3.63, 3.8) is 0 Å². The van der Waals surface area contributed by atoms with Gasteiger partial charge in [-0.1, -0.05) is 48.5 Å². The number of carbonyl (C=O) groups is 2. The summed E-state index contributed by atoms with van der Waals surface area (Å²) in [5.74, 6) is -0.512. The Hall–Kier alpha value is -3.54. The van der Waals surface area contributed by atoms with Crippen molar-refractivity contribution >= 4 is 17.6 Å². The summed E-state index contributed by atoms with van der Waals surface area (Å²) < 4.78 is 0. The standard InChI is InChI=1S/C20H18N4O2/c1-24(14-15-8-4-2-5-9-15)20(26)17-18(22-13-12-21-17)23-19(25)16-10-6-3-7-11-16/h2-13H,14H2,1H3,(H,22,23,25). The molecule has 0 aliphatic heterocycles. The Balaban J connectivity index is 1.78. The summed E-state index contributed by atoms with van der Waals surface area (Å²) in [6.45, 7) is 0.433. The number of nitrogens with one attached hydrogen (secondary N) is 1. The second kappa shape index (κ2) is 8.02. The van der Waals surface area contributed by atoms with Gasteiger partial charge in [0.25, 0.3) is 11.8 Å². The van der Waals surface area contributed by atoms with E-state index < -0.39 is 0 Å². The van der Waals surface area contributed by atoms with Crippen molar-refractivity contribution in [2.75, 3.05) is 12.4 Å². The number of carbonyl (C=O) groups excluding carboxylic acids is 2. The predicted octanol–water partition coefficient (Wildman–Crippen LogP) is 3.00. The Morgan fingerprint density at radius 1 is 0.923 bits per heavy atom. The van der Waals surface area contributed by atoms with E-state index in [0.717, 1.165) is 5.56 Å². The molecule has 0 saturated carbocycles. The van der Waals surface area contributed by atoms with E-state index in [9.17, 15) is 9.59 Å². The van der Waals surface area contributed by atoms with Crippen LogP contribution in [0.5, 0.6) is 0 Å². The predicted molar refractivity (Wildman–Crippen MR) is 98.7 cm³/mol. The molecule has 0 bridgehead atoms. The number of aromatic nitrogens is 2. The maximum absolute atomic E-state index is 12.8. The quantitative estimate of drug-likeness (QED) is 0.770. The van der Waals surface area contributed by atoms with E-state index >= 15 is 0 Å². The van der Waals surface area contributed by atoms with Gasteiger partial charge < -0.3 is 10.2 Å². The molecule has 6 nitrogen and oxygen atoms in total. The van der Waals surface area contributed by atoms with Gasteiger partial charge in [0.15, 0.2) is 11.5 Å². The molecule has 0 fully saturated rings. The van der Waals surface area contributed by atoms with Gasteiger partial charge in [0, 0.05) is 31.5 Å². The molecule has 2 amide bonds. The van der Waals surface area contributed by atoms with Crippen molar-refractivity contribution < 1.29 is 9.59 Å². The third kappa shape index (κ3) is 4.10. The number of amides is 2. The summed E-state index contributed by atoms with van der Waals surface area (Å²) in [7, 11) is 1.69. The van der Waals surface area contributed by atoms with Crippen LogP contribution in [0.25, 0.3) is 0 Å². The molecule has 26 heavy (non-hydrogen) atoms. The fraction of sp³-hybridized carbons (Fsp3) is 0.100. The van der Waals surface area contributed by atoms with Crippen molar-refractivity contribution in [3.8, 4) is 0 Å². The minimum Gasteiger partial charge on any atom is -0.336 e. The molecule has 1 heterocycles. The number of hydrogen-bond acceptors (Lipinski definition) is 4. The average Bonchev–Trinajstić information content (AvgIpc) is 2.69. The Morgan fingerprint density at radius 3 is 2.23 bits per heavy atom. The zero-order valence-electron chi connectivity index (χ0n) is 14.3. The molecule has 0 aliphatic carbocycles. The van der Waals surface area contributed by atoms with E-state index in [1.807, 2.05) is 36.4 Å². The van der Waals surface area contributed by atoms with E-state index in [1.54, 1.807) is 31.3 Å². The number of nitrogens with zero attached hydrogens (tertiary/aromatic N) is 3. The second-order valence-electron chi connectivity index (χ2n) is 5.72. The third-order valence-electron chi connectivity index (χ3n) is 3.78. The largest absolute Gasteiger partial charge is 0.336 e. The highest BCUT2D eigenvalue weighted by molar-refractivity contribution is 6.07. The number of benzene rings is 2. The average molecular weight is 346 g/mol. The van der Waals surface area contributed by atoms with Gasteiger partial charge in [-0.15, -0.1) is 0 Å². The van der Waals surface area contributed by atoms with Gasteiger partial charge in [-0.05, 0) is 17.7 Å². The summed E-state index contributed by atoms with van der Waals surface area (Å²) in [5, 5.41) is 2.67. The second-order valence-corrected chi connectivity index (χ2v) is 5.72. The summed E-state index contributed by atoms with van der Waals surface area (Å²) in [4.78, 5) is 34.9. The van der Waals surface area contributed by atoms with E-state index in [-0.39, 0.29) is 23.3 Å². The molecule has 0 spiro atoms. The first kappa shape index (κ1) is 17.3. The normalized spacial score (nSPS) is 10.2. The molecule has 1 aromatic heterocycles. The van der Waals surface area contributed by atoms with Crippen molar-refractivity contribution in [1.29, 1.82) is 0 Å². The van der Waals surface area contributed by atoms with E-state index in [0.29, 0.717) is 12.1 Å². The van der Waals surface area contributed by atoms with Crippen LogP contribution < -0.4 is 5.32 Å². The van der Waals surface area contributed by atoms with Crippen molar-refractivity contribution in [2.24, 2.45) is 0 Å². The van der Waals surface area contributed by atoms with Gasteiger partial charge in [0.2, 0.25) is 0 Å². The fourth-order valence-electron chi connectivity index (χ4n) is 2.47. The summed E-state index contributed by atoms with van der Waals surface area (Å²) in [6, 6.07) is 18.4. The van der Waals surface area contributed by atoms with Gasteiger partial charge in [0.1, 0.15) is 0 Å². The third-order valence-corrected chi connectivity index (χ3v) is 3.78. The maximum atomic E-state index is 12.8. The lowest BCUT2D eigenvalue weighted by Gasteiger charge is -2.18. The van der Waals surface area contributed by atoms with Gasteiger partial charge in [-0.25, -0.2) is 9.97 Å². The van der Waals surface area contributed by atoms with Gasteiger partial charge >= 0.3 is 0 Å². The van der Waals surface area contributed by atoms with Crippen LogP contribution in [0.3, 0.4) is 0 Å². The molecular formula is C20H18N4O2. The molecule has 3 aromatic rings. The molecule has 0 saturated heterocycles. The minimum absolute atomic E-state index is 0.107. The molecule has 1 N–H and O–H groups in total. The zero-order chi connectivity index (χ0) is 18.4. The smallest absolute Gasteiger partial charge is 0.276 e. The van der Waals surface area contributed by atoms with Crippen LogP contribution in [0.2, 0.25) is 0 Å². The molecule has 2 aromatic carbocycles. The number of anilines is 1. The van der Waals surface area contributed by atoms with Crippen molar-refractivity contribution in [1.82, 2.24) is 14.9 Å². The van der Waals surface area contributed by atoms with Gasteiger partial charge in [-0.3, -0.25) is 9.59 Å². The summed E-state index contributed by atoms with van der Waals surface area (Å²) >= 11 is 0. The Bertz CT molecular complexity index is 898. The van der Waals surface area contributed by atoms with Gasteiger partial charge in [0.05, 0.1) is 0 Å². The van der Waals surface area contributed by atoms with E-state index in [2.05, 4.69) is 15.3 Å². The Kier molecular flexibility index (Phi) is 5.34. The van der Waals surface area contributed by atoms with Gasteiger partial charge in [-0.2, -0.15) is 0 Å². The first-order valence-corrected chi connectivity index (χ1v) is 8.12. The highest BCUT2D eigenvalue weighted by atomic mass is 16.2. The van der Waals surface area contributed by atoms with Crippen LogP contribution in [0.4, 0.5) is 5.82 Å². The molecule has 0 atom stereocenters. The minimum atomic E-state index is -0.342. The summed E-state index contributed by atoms with van der Waals surface area (Å²) in [6.07, 6.45) is 2.87. The maximum Gasteiger partial charge on any atom is 0.276 e. The molecule has 0 radical (unpaired) electrons. The van der Waals surface area contributed by atoms with E-state index in [4.69, 9.17) is 0 Å². The van der Waals surface area contributed by atoms with Crippen LogP contribution in [-0.2, 0) is 6.54 Å². The first-order chi connectivity index (χ1) is 12.6. The lowest BCUT2D eigenvalue weighted by atomic mass is 10.2. The van der Waals surface area contributed by atoms with Crippen molar-refractivity contribution in [3.05, 3.63) is 89.9 Å².